The summed E-state index contributed by atoms with van der Waals surface area (Å²) in [4.78, 5) is 54.2. The van der Waals surface area contributed by atoms with Crippen LogP contribution in [-0.4, -0.2) is 60.1 Å². The largest absolute Gasteiger partial charge is 0.381 e. The fourth-order valence-electron chi connectivity index (χ4n) is 5.23. The minimum Gasteiger partial charge on any atom is -0.381 e. The number of nitrogens with zero attached hydrogens (tertiary/aromatic N) is 1. The van der Waals surface area contributed by atoms with Crippen molar-refractivity contribution in [1.29, 1.82) is 0 Å². The van der Waals surface area contributed by atoms with Gasteiger partial charge in [-0.25, -0.2) is 0 Å². The van der Waals surface area contributed by atoms with E-state index in [4.69, 9.17) is 4.74 Å². The lowest BCUT2D eigenvalue weighted by Crippen LogP contribution is -2.48. The smallest absolute Gasteiger partial charge is 0.226 e. The highest BCUT2D eigenvalue weighted by Crippen LogP contribution is 2.47. The van der Waals surface area contributed by atoms with Gasteiger partial charge in [0.15, 0.2) is 11.6 Å². The van der Waals surface area contributed by atoms with Gasteiger partial charge in [-0.15, -0.1) is 0 Å². The predicted molar refractivity (Wildman–Crippen MR) is 130 cm³/mol. The number of carbonyl (C=O) groups excluding carboxylic acids is 4. The molecule has 3 rings (SSSR count). The molecule has 34 heavy (non-hydrogen) atoms. The van der Waals surface area contributed by atoms with Gasteiger partial charge in [0.2, 0.25) is 11.8 Å². The lowest BCUT2D eigenvalue weighted by atomic mass is 9.90. The fourth-order valence-corrected chi connectivity index (χ4v) is 5.23. The average Bonchev–Trinajstić information content (AvgIpc) is 3.34. The maximum atomic E-state index is 13.4. The molecule has 0 aromatic carbocycles. The SMILES string of the molecule is CC(C)C[C@H](NC(=O)[C@@H]1COCCCCCCCC(=O)N2CCC[C@H]2C(=O)C1)C(=O)C1(C)CC1. The van der Waals surface area contributed by atoms with Crippen LogP contribution < -0.4 is 5.32 Å². The second kappa shape index (κ2) is 12.3. The maximum absolute atomic E-state index is 13.4. The summed E-state index contributed by atoms with van der Waals surface area (Å²) in [5.41, 5.74) is -0.328. The van der Waals surface area contributed by atoms with Gasteiger partial charge in [-0.1, -0.05) is 40.0 Å². The van der Waals surface area contributed by atoms with E-state index in [-0.39, 0.29) is 47.7 Å². The standard InChI is InChI=1S/C27H44N2O5/c1-19(2)16-21(25(32)27(3)12-13-27)28-26(33)20-17-23(30)22-10-9-14-29(22)24(31)11-7-5-4-6-8-15-34-18-20/h19-22H,4-18H2,1-3H3,(H,28,33)/t20-,21-,22-/m0/s1. The van der Waals surface area contributed by atoms with Crippen LogP contribution >= 0.6 is 0 Å². The number of carbonyl (C=O) groups is 4. The molecule has 2 heterocycles. The zero-order chi connectivity index (χ0) is 24.7. The third-order valence-electron chi connectivity index (χ3n) is 7.70. The summed E-state index contributed by atoms with van der Waals surface area (Å²) in [6.07, 6.45) is 9.18. The molecule has 3 fully saturated rings. The van der Waals surface area contributed by atoms with Crippen molar-refractivity contribution in [3.05, 3.63) is 0 Å². The van der Waals surface area contributed by atoms with Crippen LogP contribution in [0.2, 0.25) is 0 Å². The molecule has 2 aliphatic heterocycles. The summed E-state index contributed by atoms with van der Waals surface area (Å²) in [6, 6.07) is -0.970. The summed E-state index contributed by atoms with van der Waals surface area (Å²) in [6.45, 7) is 7.40. The molecular formula is C27H44N2O5. The number of ether oxygens (including phenoxy) is 1. The van der Waals surface area contributed by atoms with E-state index in [2.05, 4.69) is 5.32 Å². The molecule has 7 nitrogen and oxygen atoms in total. The number of amides is 2. The van der Waals surface area contributed by atoms with Crippen LogP contribution in [0, 0.1) is 17.3 Å². The van der Waals surface area contributed by atoms with Gasteiger partial charge in [-0.05, 0) is 50.9 Å². The van der Waals surface area contributed by atoms with Gasteiger partial charge < -0.3 is 15.0 Å². The van der Waals surface area contributed by atoms with E-state index in [0.717, 1.165) is 51.4 Å². The highest BCUT2D eigenvalue weighted by atomic mass is 16.5. The molecule has 0 aromatic heterocycles. The minimum atomic E-state index is -0.648. The molecule has 2 amide bonds. The van der Waals surface area contributed by atoms with Gasteiger partial charge >= 0.3 is 0 Å². The van der Waals surface area contributed by atoms with Crippen LogP contribution in [0.5, 0.6) is 0 Å². The summed E-state index contributed by atoms with van der Waals surface area (Å²) in [5.74, 6) is -0.568. The van der Waals surface area contributed by atoms with Crippen molar-refractivity contribution >= 4 is 23.4 Å². The summed E-state index contributed by atoms with van der Waals surface area (Å²) < 4.78 is 5.85. The molecule has 0 bridgehead atoms. The number of hydrogen-bond acceptors (Lipinski definition) is 5. The lowest BCUT2D eigenvalue weighted by Gasteiger charge is -2.27. The first-order chi connectivity index (χ1) is 16.2. The van der Waals surface area contributed by atoms with E-state index in [1.165, 1.54) is 0 Å². The van der Waals surface area contributed by atoms with E-state index >= 15 is 0 Å². The van der Waals surface area contributed by atoms with Crippen molar-refractivity contribution in [2.45, 2.75) is 110 Å². The number of fused-ring (bicyclic) bond motifs is 1. The molecule has 1 saturated carbocycles. The topological polar surface area (TPSA) is 92.8 Å². The number of Topliss-reactive ketones (excluding diaryl/α,β-unsaturated/α-hetero) is 2. The molecule has 1 N–H and O–H groups in total. The quantitative estimate of drug-likeness (QED) is 0.629. The van der Waals surface area contributed by atoms with Gasteiger partial charge in [0, 0.05) is 31.4 Å². The Balaban J connectivity index is 1.71. The second-order valence-corrected chi connectivity index (χ2v) is 11.3. The average molecular weight is 477 g/mol. The Kier molecular flexibility index (Phi) is 9.69. The summed E-state index contributed by atoms with van der Waals surface area (Å²) in [7, 11) is 0. The Bertz CT molecular complexity index is 745. The molecule has 0 aromatic rings. The van der Waals surface area contributed by atoms with Crippen molar-refractivity contribution in [2.24, 2.45) is 17.3 Å². The number of rotatable bonds is 6. The minimum absolute atomic E-state index is 0.0418. The van der Waals surface area contributed by atoms with Crippen LogP contribution in [0.25, 0.3) is 0 Å². The molecule has 7 heteroatoms. The monoisotopic (exact) mass is 476 g/mol. The van der Waals surface area contributed by atoms with Crippen molar-refractivity contribution in [1.82, 2.24) is 10.2 Å². The Morgan fingerprint density at radius 1 is 1.09 bits per heavy atom. The van der Waals surface area contributed by atoms with E-state index in [9.17, 15) is 19.2 Å². The Hall–Kier alpha value is -1.76. The zero-order valence-electron chi connectivity index (χ0n) is 21.4. The molecule has 1 aliphatic carbocycles. The van der Waals surface area contributed by atoms with Gasteiger partial charge in [0.25, 0.3) is 0 Å². The van der Waals surface area contributed by atoms with Crippen LogP contribution in [0.3, 0.4) is 0 Å². The third kappa shape index (κ3) is 7.37. The van der Waals surface area contributed by atoms with Gasteiger partial charge in [0.1, 0.15) is 0 Å². The van der Waals surface area contributed by atoms with Crippen LogP contribution in [0.4, 0.5) is 0 Å². The van der Waals surface area contributed by atoms with Gasteiger partial charge in [-0.2, -0.15) is 0 Å². The number of ketones is 2. The highest BCUT2D eigenvalue weighted by Gasteiger charge is 2.48. The fraction of sp³-hybridized carbons (Fsp3) is 0.852. The van der Waals surface area contributed by atoms with Crippen molar-refractivity contribution in [3.63, 3.8) is 0 Å². The maximum Gasteiger partial charge on any atom is 0.226 e. The molecule has 0 spiro atoms. The van der Waals surface area contributed by atoms with Crippen LogP contribution in [-0.2, 0) is 23.9 Å². The number of hydrogen-bond donors (Lipinski definition) is 1. The Morgan fingerprint density at radius 2 is 1.79 bits per heavy atom. The Morgan fingerprint density at radius 3 is 2.50 bits per heavy atom. The first kappa shape index (κ1) is 26.8. The zero-order valence-corrected chi connectivity index (χ0v) is 21.4. The molecule has 2 saturated heterocycles. The molecule has 0 unspecified atom stereocenters. The predicted octanol–water partition coefficient (Wildman–Crippen LogP) is 3.82. The van der Waals surface area contributed by atoms with E-state index in [1.807, 2.05) is 20.8 Å². The molecular weight excluding hydrogens is 432 g/mol. The molecule has 3 aliphatic rings. The first-order valence-corrected chi connectivity index (χ1v) is 13.5. The van der Waals surface area contributed by atoms with Crippen LogP contribution in [0.15, 0.2) is 0 Å². The van der Waals surface area contributed by atoms with Gasteiger partial charge in [-0.3, -0.25) is 19.2 Å². The lowest BCUT2D eigenvalue weighted by molar-refractivity contribution is -0.140. The summed E-state index contributed by atoms with van der Waals surface area (Å²) in [5, 5.41) is 3.00. The van der Waals surface area contributed by atoms with E-state index < -0.39 is 18.0 Å². The normalized spacial score (nSPS) is 27.5. The molecule has 0 radical (unpaired) electrons. The Labute approximate surface area is 204 Å². The molecule has 3 atom stereocenters. The third-order valence-corrected chi connectivity index (χ3v) is 7.70. The van der Waals surface area contributed by atoms with E-state index in [1.54, 1.807) is 4.90 Å². The van der Waals surface area contributed by atoms with Crippen molar-refractivity contribution in [3.8, 4) is 0 Å². The first-order valence-electron chi connectivity index (χ1n) is 13.5. The molecule has 192 valence electrons. The highest BCUT2D eigenvalue weighted by molar-refractivity contribution is 5.97. The van der Waals surface area contributed by atoms with Crippen molar-refractivity contribution in [2.75, 3.05) is 19.8 Å². The number of nitrogens with one attached hydrogen (secondary N) is 1. The van der Waals surface area contributed by atoms with Crippen molar-refractivity contribution < 1.29 is 23.9 Å². The van der Waals surface area contributed by atoms with E-state index in [0.29, 0.717) is 32.4 Å². The van der Waals surface area contributed by atoms with Gasteiger partial charge in [0.05, 0.1) is 24.6 Å². The van der Waals surface area contributed by atoms with Crippen LogP contribution in [0.1, 0.15) is 97.8 Å². The second-order valence-electron chi connectivity index (χ2n) is 11.3. The summed E-state index contributed by atoms with van der Waals surface area (Å²) >= 11 is 0.